The Kier molecular flexibility index (Phi) is 6.44. The highest BCUT2D eigenvalue weighted by Crippen LogP contribution is 2.27. The van der Waals surface area contributed by atoms with Crippen molar-refractivity contribution in [3.05, 3.63) is 83.9 Å². The second-order valence-corrected chi connectivity index (χ2v) is 5.30. The molecule has 0 unspecified atom stereocenters. The molecule has 0 aliphatic heterocycles. The lowest BCUT2D eigenvalue weighted by atomic mass is 10.2. The highest BCUT2D eigenvalue weighted by molar-refractivity contribution is 5.38. The summed E-state index contributed by atoms with van der Waals surface area (Å²) in [6.45, 7) is 8.11. The highest BCUT2D eigenvalue weighted by atomic mass is 16.5. The number of hydrogen-bond acceptors (Lipinski definition) is 2. The van der Waals surface area contributed by atoms with E-state index in [1.54, 1.807) is 0 Å². The maximum atomic E-state index is 5.80. The summed E-state index contributed by atoms with van der Waals surface area (Å²) < 4.78 is 11.6. The smallest absolute Gasteiger partial charge is 0.127 e. The van der Waals surface area contributed by atoms with E-state index in [9.17, 15) is 0 Å². The van der Waals surface area contributed by atoms with Crippen molar-refractivity contribution in [2.45, 2.75) is 27.7 Å². The average molecular weight is 320 g/mol. The fourth-order valence-corrected chi connectivity index (χ4v) is 2.06. The van der Waals surface area contributed by atoms with Gasteiger partial charge in [-0.2, -0.15) is 0 Å². The Morgan fingerprint density at radius 3 is 0.875 bits per heavy atom. The van der Waals surface area contributed by atoms with Crippen molar-refractivity contribution in [2.75, 3.05) is 0 Å². The maximum absolute atomic E-state index is 5.80. The third kappa shape index (κ3) is 5.17. The summed E-state index contributed by atoms with van der Waals surface area (Å²) in [6.07, 6.45) is 0. The van der Waals surface area contributed by atoms with Gasteiger partial charge in [-0.05, 0) is 62.4 Å². The minimum Gasteiger partial charge on any atom is -0.457 e. The Bertz CT molecular complexity index is 660. The van der Waals surface area contributed by atoms with Crippen LogP contribution in [-0.2, 0) is 0 Å². The van der Waals surface area contributed by atoms with E-state index in [2.05, 4.69) is 13.8 Å². The van der Waals surface area contributed by atoms with Crippen molar-refractivity contribution < 1.29 is 9.47 Å². The Morgan fingerprint density at radius 2 is 0.625 bits per heavy atom. The summed E-state index contributed by atoms with van der Waals surface area (Å²) in [6, 6.07) is 23.6. The van der Waals surface area contributed by atoms with Gasteiger partial charge in [-0.25, -0.2) is 0 Å². The molecule has 0 fully saturated rings. The van der Waals surface area contributed by atoms with Gasteiger partial charge in [0.15, 0.2) is 0 Å². The summed E-state index contributed by atoms with van der Waals surface area (Å²) in [5.74, 6) is 3.25. The molecule has 0 aliphatic carbocycles. The molecule has 124 valence electrons. The number of benzene rings is 3. The Balaban J connectivity index is 0.00000100. The van der Waals surface area contributed by atoms with Crippen LogP contribution in [0.5, 0.6) is 23.0 Å². The van der Waals surface area contributed by atoms with Crippen LogP contribution in [0.1, 0.15) is 25.0 Å². The van der Waals surface area contributed by atoms with E-state index in [0.717, 1.165) is 23.0 Å². The van der Waals surface area contributed by atoms with E-state index >= 15 is 0 Å². The van der Waals surface area contributed by atoms with E-state index in [-0.39, 0.29) is 0 Å². The lowest BCUT2D eigenvalue weighted by Gasteiger charge is -2.08. The normalized spacial score (nSPS) is 9.67. The molecule has 0 aromatic heterocycles. The zero-order chi connectivity index (χ0) is 17.4. The van der Waals surface area contributed by atoms with Gasteiger partial charge in [0.2, 0.25) is 0 Å². The van der Waals surface area contributed by atoms with E-state index < -0.39 is 0 Å². The van der Waals surface area contributed by atoms with Gasteiger partial charge in [0.05, 0.1) is 0 Å². The van der Waals surface area contributed by atoms with Crippen LogP contribution >= 0.6 is 0 Å². The molecule has 3 rings (SSSR count). The first-order chi connectivity index (χ1) is 11.7. The molecular weight excluding hydrogens is 296 g/mol. The molecule has 0 amide bonds. The van der Waals surface area contributed by atoms with Crippen LogP contribution in [-0.4, -0.2) is 0 Å². The van der Waals surface area contributed by atoms with Crippen molar-refractivity contribution in [3.8, 4) is 23.0 Å². The highest BCUT2D eigenvalue weighted by Gasteiger charge is 2.00. The predicted molar refractivity (Wildman–Crippen MR) is 100 cm³/mol. The standard InChI is InChI=1S/C20H18O2.C2H6/c1-15-3-7-17(8-4-15)21-19-11-13-20(14-12-19)22-18-9-5-16(2)6-10-18;1-2/h3-14H,1-2H3;1-2H3. The molecule has 0 saturated heterocycles. The lowest BCUT2D eigenvalue weighted by molar-refractivity contribution is 0.469. The Morgan fingerprint density at radius 1 is 0.417 bits per heavy atom. The minimum atomic E-state index is 0.792. The van der Waals surface area contributed by atoms with Crippen molar-refractivity contribution in [2.24, 2.45) is 0 Å². The molecule has 0 aliphatic rings. The largest absolute Gasteiger partial charge is 0.457 e. The van der Waals surface area contributed by atoms with Gasteiger partial charge < -0.3 is 9.47 Å². The number of rotatable bonds is 4. The van der Waals surface area contributed by atoms with Crippen LogP contribution in [0.2, 0.25) is 0 Å². The van der Waals surface area contributed by atoms with Gasteiger partial charge >= 0.3 is 0 Å². The Labute approximate surface area is 144 Å². The summed E-state index contributed by atoms with van der Waals surface area (Å²) in [5.41, 5.74) is 2.43. The van der Waals surface area contributed by atoms with Crippen LogP contribution in [0.4, 0.5) is 0 Å². The van der Waals surface area contributed by atoms with Gasteiger partial charge in [0.1, 0.15) is 23.0 Å². The van der Waals surface area contributed by atoms with E-state index in [4.69, 9.17) is 9.47 Å². The van der Waals surface area contributed by atoms with Gasteiger partial charge in [0.25, 0.3) is 0 Å². The van der Waals surface area contributed by atoms with Gasteiger partial charge in [-0.15, -0.1) is 0 Å². The van der Waals surface area contributed by atoms with Crippen LogP contribution in [0, 0.1) is 13.8 Å². The number of ether oxygens (including phenoxy) is 2. The first-order valence-electron chi connectivity index (χ1n) is 8.28. The summed E-state index contributed by atoms with van der Waals surface area (Å²) in [4.78, 5) is 0. The molecular formula is C22H24O2. The zero-order valence-corrected chi connectivity index (χ0v) is 14.7. The lowest BCUT2D eigenvalue weighted by Crippen LogP contribution is -1.86. The molecule has 0 bridgehead atoms. The second kappa shape index (κ2) is 8.78. The number of hydrogen-bond donors (Lipinski definition) is 0. The molecule has 0 heterocycles. The molecule has 2 heteroatoms. The topological polar surface area (TPSA) is 18.5 Å². The van der Waals surface area contributed by atoms with Crippen molar-refractivity contribution in [3.63, 3.8) is 0 Å². The zero-order valence-electron chi connectivity index (χ0n) is 14.7. The predicted octanol–water partition coefficient (Wildman–Crippen LogP) is 6.91. The second-order valence-electron chi connectivity index (χ2n) is 5.30. The van der Waals surface area contributed by atoms with E-state index in [1.165, 1.54) is 11.1 Å². The summed E-state index contributed by atoms with van der Waals surface area (Å²) >= 11 is 0. The number of aryl methyl sites for hydroxylation is 2. The quantitative estimate of drug-likeness (QED) is 0.519. The van der Waals surface area contributed by atoms with Gasteiger partial charge in [-0.1, -0.05) is 49.2 Å². The molecule has 0 N–H and O–H groups in total. The van der Waals surface area contributed by atoms with Crippen molar-refractivity contribution >= 4 is 0 Å². The molecule has 0 spiro atoms. The van der Waals surface area contributed by atoms with Gasteiger partial charge in [-0.3, -0.25) is 0 Å². The molecule has 3 aromatic carbocycles. The molecule has 24 heavy (non-hydrogen) atoms. The van der Waals surface area contributed by atoms with Crippen LogP contribution in [0.25, 0.3) is 0 Å². The van der Waals surface area contributed by atoms with Crippen molar-refractivity contribution in [1.82, 2.24) is 0 Å². The molecule has 0 radical (unpaired) electrons. The first-order valence-corrected chi connectivity index (χ1v) is 8.28. The fourth-order valence-electron chi connectivity index (χ4n) is 2.06. The monoisotopic (exact) mass is 320 g/mol. The fraction of sp³-hybridized carbons (Fsp3) is 0.182. The van der Waals surface area contributed by atoms with Crippen molar-refractivity contribution in [1.29, 1.82) is 0 Å². The summed E-state index contributed by atoms with van der Waals surface area (Å²) in [7, 11) is 0. The maximum Gasteiger partial charge on any atom is 0.127 e. The SMILES string of the molecule is CC.Cc1ccc(Oc2ccc(Oc3ccc(C)cc3)cc2)cc1. The third-order valence-electron chi connectivity index (χ3n) is 3.34. The van der Waals surface area contributed by atoms with Gasteiger partial charge in [0, 0.05) is 0 Å². The molecule has 2 nitrogen and oxygen atoms in total. The molecule has 3 aromatic rings. The summed E-state index contributed by atoms with van der Waals surface area (Å²) in [5, 5.41) is 0. The first kappa shape index (κ1) is 17.6. The Hall–Kier alpha value is -2.74. The molecule has 0 saturated carbocycles. The minimum absolute atomic E-state index is 0.792. The van der Waals surface area contributed by atoms with Crippen LogP contribution < -0.4 is 9.47 Å². The van der Waals surface area contributed by atoms with E-state index in [0.29, 0.717) is 0 Å². The van der Waals surface area contributed by atoms with Crippen LogP contribution in [0.15, 0.2) is 72.8 Å². The molecule has 0 atom stereocenters. The van der Waals surface area contributed by atoms with Crippen LogP contribution in [0.3, 0.4) is 0 Å². The van der Waals surface area contributed by atoms with E-state index in [1.807, 2.05) is 86.6 Å². The third-order valence-corrected chi connectivity index (χ3v) is 3.34. The average Bonchev–Trinajstić information content (AvgIpc) is 2.62.